The van der Waals surface area contributed by atoms with E-state index in [0.717, 1.165) is 24.2 Å². The van der Waals surface area contributed by atoms with Gasteiger partial charge in [0.2, 0.25) is 0 Å². The molecule has 2 aromatic rings. The van der Waals surface area contributed by atoms with Crippen molar-refractivity contribution in [3.05, 3.63) is 47.8 Å². The molecule has 0 spiro atoms. The van der Waals surface area contributed by atoms with Gasteiger partial charge < -0.3 is 14.4 Å². The van der Waals surface area contributed by atoms with Gasteiger partial charge in [0.05, 0.1) is 30.2 Å². The summed E-state index contributed by atoms with van der Waals surface area (Å²) in [4.78, 5) is 15.4. The van der Waals surface area contributed by atoms with Crippen molar-refractivity contribution in [1.29, 1.82) is 0 Å². The number of ether oxygens (including phenoxy) is 2. The number of amides is 1. The van der Waals surface area contributed by atoms with E-state index in [1.807, 2.05) is 53.0 Å². The zero-order chi connectivity index (χ0) is 20.6. The van der Waals surface area contributed by atoms with Crippen LogP contribution >= 0.6 is 0 Å². The van der Waals surface area contributed by atoms with E-state index in [0.29, 0.717) is 37.8 Å². The highest BCUT2D eigenvalue weighted by Crippen LogP contribution is 2.36. The van der Waals surface area contributed by atoms with Gasteiger partial charge in [-0.3, -0.25) is 4.79 Å². The minimum Gasteiger partial charge on any atom is -0.348 e. The van der Waals surface area contributed by atoms with Gasteiger partial charge in [-0.2, -0.15) is 5.10 Å². The van der Waals surface area contributed by atoms with E-state index in [1.165, 1.54) is 0 Å². The van der Waals surface area contributed by atoms with Gasteiger partial charge >= 0.3 is 0 Å². The first-order valence-corrected chi connectivity index (χ1v) is 10.5. The predicted octanol–water partition coefficient (Wildman–Crippen LogP) is 3.79. The summed E-state index contributed by atoms with van der Waals surface area (Å²) in [6, 6.07) is 9.94. The van der Waals surface area contributed by atoms with Crippen LogP contribution < -0.4 is 0 Å². The molecule has 0 atom stereocenters. The molecule has 0 radical (unpaired) electrons. The van der Waals surface area contributed by atoms with Crippen LogP contribution in [0.4, 0.5) is 0 Å². The number of rotatable bonds is 3. The number of carbonyl (C=O) groups excluding carboxylic acids is 1. The molecule has 2 aliphatic heterocycles. The van der Waals surface area contributed by atoms with Crippen molar-refractivity contribution in [2.45, 2.75) is 51.7 Å². The quantitative estimate of drug-likeness (QED) is 0.791. The predicted molar refractivity (Wildman–Crippen MR) is 111 cm³/mol. The van der Waals surface area contributed by atoms with Gasteiger partial charge in [-0.05, 0) is 31.9 Å². The van der Waals surface area contributed by atoms with E-state index in [1.54, 1.807) is 0 Å². The Balaban J connectivity index is 1.55. The maximum Gasteiger partial charge on any atom is 0.257 e. The van der Waals surface area contributed by atoms with E-state index in [-0.39, 0.29) is 11.3 Å². The first-order valence-electron chi connectivity index (χ1n) is 10.5. The Morgan fingerprint density at radius 3 is 2.31 bits per heavy atom. The molecule has 2 fully saturated rings. The van der Waals surface area contributed by atoms with Gasteiger partial charge in [0.15, 0.2) is 5.79 Å². The molecule has 4 rings (SSSR count). The van der Waals surface area contributed by atoms with E-state index >= 15 is 0 Å². The van der Waals surface area contributed by atoms with Crippen molar-refractivity contribution in [2.24, 2.45) is 5.92 Å². The summed E-state index contributed by atoms with van der Waals surface area (Å²) in [6.07, 6.45) is 3.66. The normalized spacial score (nSPS) is 20.2. The minimum atomic E-state index is -0.496. The summed E-state index contributed by atoms with van der Waals surface area (Å²) < 4.78 is 13.5. The number of benzene rings is 1. The van der Waals surface area contributed by atoms with E-state index in [2.05, 4.69) is 20.8 Å². The van der Waals surface area contributed by atoms with Crippen molar-refractivity contribution in [3.8, 4) is 5.69 Å². The summed E-state index contributed by atoms with van der Waals surface area (Å²) in [5.74, 6) is -0.110. The van der Waals surface area contributed by atoms with Crippen molar-refractivity contribution in [1.82, 2.24) is 14.7 Å². The van der Waals surface area contributed by atoms with Crippen molar-refractivity contribution in [2.75, 3.05) is 26.3 Å². The van der Waals surface area contributed by atoms with E-state index in [4.69, 9.17) is 14.6 Å². The number of likely N-dealkylation sites (tertiary alicyclic amines) is 1. The van der Waals surface area contributed by atoms with Gasteiger partial charge in [0.25, 0.3) is 5.91 Å². The van der Waals surface area contributed by atoms with E-state index in [9.17, 15) is 4.79 Å². The Morgan fingerprint density at radius 1 is 1.10 bits per heavy atom. The van der Waals surface area contributed by atoms with Crippen LogP contribution in [0.1, 0.15) is 56.6 Å². The Morgan fingerprint density at radius 2 is 1.72 bits per heavy atom. The largest absolute Gasteiger partial charge is 0.348 e. The van der Waals surface area contributed by atoms with Gasteiger partial charge in [-0.25, -0.2) is 4.68 Å². The fraction of sp³-hybridized carbons (Fsp3) is 0.565. The average molecular weight is 398 g/mol. The van der Waals surface area contributed by atoms with Gasteiger partial charge in [-0.15, -0.1) is 0 Å². The van der Waals surface area contributed by atoms with Crippen molar-refractivity contribution < 1.29 is 14.3 Å². The van der Waals surface area contributed by atoms with Crippen molar-refractivity contribution >= 4 is 5.91 Å². The molecule has 0 unspecified atom stereocenters. The summed E-state index contributed by atoms with van der Waals surface area (Å²) in [5.41, 5.74) is 2.27. The number of nitrogens with zero attached hydrogens (tertiary/aromatic N) is 3. The van der Waals surface area contributed by atoms with E-state index < -0.39 is 5.79 Å². The summed E-state index contributed by atoms with van der Waals surface area (Å²) in [6.45, 7) is 11.1. The molecule has 3 heterocycles. The fourth-order valence-electron chi connectivity index (χ4n) is 4.34. The summed E-state index contributed by atoms with van der Waals surface area (Å²) in [5, 5.41) is 4.79. The molecule has 0 bridgehead atoms. The Labute approximate surface area is 172 Å². The lowest BCUT2D eigenvalue weighted by Crippen LogP contribution is -2.46. The first kappa shape index (κ1) is 20.1. The minimum absolute atomic E-state index is 0.0639. The van der Waals surface area contributed by atoms with Gasteiger partial charge in [0.1, 0.15) is 0 Å². The smallest absolute Gasteiger partial charge is 0.257 e. The highest BCUT2D eigenvalue weighted by molar-refractivity contribution is 5.95. The monoisotopic (exact) mass is 397 g/mol. The Hall–Kier alpha value is -2.18. The van der Waals surface area contributed by atoms with Crippen LogP contribution in [0.5, 0.6) is 0 Å². The zero-order valence-electron chi connectivity index (χ0n) is 17.9. The maximum atomic E-state index is 13.4. The second-order valence-corrected chi connectivity index (χ2v) is 9.20. The fourth-order valence-corrected chi connectivity index (χ4v) is 4.34. The third-order valence-corrected chi connectivity index (χ3v) is 6.06. The lowest BCUT2D eigenvalue weighted by atomic mass is 9.87. The lowest BCUT2D eigenvalue weighted by molar-refractivity contribution is -0.189. The molecular formula is C23H31N3O3. The average Bonchev–Trinajstić information content (AvgIpc) is 3.36. The van der Waals surface area contributed by atoms with Crippen LogP contribution in [-0.4, -0.2) is 52.7 Å². The number of hydrogen-bond donors (Lipinski definition) is 0. The van der Waals surface area contributed by atoms with Crippen LogP contribution in [0, 0.1) is 5.92 Å². The SMILES string of the molecule is CC(C)(C)c1nn(-c2ccccc2)cc1C(=O)N1CCC(C2(C)OCCO2)CC1. The molecule has 1 aromatic carbocycles. The van der Waals surface area contributed by atoms with Gasteiger partial charge in [-0.1, -0.05) is 39.0 Å². The molecule has 29 heavy (non-hydrogen) atoms. The highest BCUT2D eigenvalue weighted by Gasteiger charge is 2.42. The Kier molecular flexibility index (Phi) is 5.25. The molecule has 0 N–H and O–H groups in total. The van der Waals surface area contributed by atoms with Crippen LogP contribution in [0.2, 0.25) is 0 Å². The number of para-hydroxylation sites is 1. The third kappa shape index (κ3) is 3.96. The molecule has 0 saturated carbocycles. The van der Waals surface area contributed by atoms with Crippen LogP contribution in [0.15, 0.2) is 36.5 Å². The standard InChI is InChI=1S/C23H31N3O3/c1-22(2,3)20-19(16-26(24-20)18-8-6-5-7-9-18)21(27)25-12-10-17(11-13-25)23(4)28-14-15-29-23/h5-9,16-17H,10-15H2,1-4H3. The molecule has 2 saturated heterocycles. The number of hydrogen-bond acceptors (Lipinski definition) is 4. The number of piperidine rings is 1. The zero-order valence-corrected chi connectivity index (χ0v) is 17.9. The lowest BCUT2D eigenvalue weighted by Gasteiger charge is -2.39. The molecule has 156 valence electrons. The van der Waals surface area contributed by atoms with Crippen LogP contribution in [0.25, 0.3) is 5.69 Å². The molecule has 1 aromatic heterocycles. The van der Waals surface area contributed by atoms with Crippen molar-refractivity contribution in [3.63, 3.8) is 0 Å². The number of aromatic nitrogens is 2. The molecule has 2 aliphatic rings. The van der Waals surface area contributed by atoms with Crippen LogP contribution in [-0.2, 0) is 14.9 Å². The Bertz CT molecular complexity index is 855. The molecule has 1 amide bonds. The molecule has 0 aliphatic carbocycles. The molecule has 6 heteroatoms. The highest BCUT2D eigenvalue weighted by atomic mass is 16.7. The first-order chi connectivity index (χ1) is 13.8. The number of carbonyl (C=O) groups is 1. The second-order valence-electron chi connectivity index (χ2n) is 9.20. The maximum absolute atomic E-state index is 13.4. The second kappa shape index (κ2) is 7.58. The summed E-state index contributed by atoms with van der Waals surface area (Å²) >= 11 is 0. The summed E-state index contributed by atoms with van der Waals surface area (Å²) in [7, 11) is 0. The molecular weight excluding hydrogens is 366 g/mol. The molecule has 6 nitrogen and oxygen atoms in total. The third-order valence-electron chi connectivity index (χ3n) is 6.06. The van der Waals surface area contributed by atoms with Crippen LogP contribution in [0.3, 0.4) is 0 Å². The van der Waals surface area contributed by atoms with Gasteiger partial charge in [0, 0.05) is 30.6 Å². The topological polar surface area (TPSA) is 56.6 Å².